The van der Waals surface area contributed by atoms with Crippen molar-refractivity contribution < 1.29 is 24.2 Å². The zero-order valence-electron chi connectivity index (χ0n) is 11.1. The van der Waals surface area contributed by atoms with E-state index in [-0.39, 0.29) is 6.61 Å². The van der Waals surface area contributed by atoms with Gasteiger partial charge in [0.05, 0.1) is 7.11 Å². The molecule has 0 saturated carbocycles. The topological polar surface area (TPSA) is 84.9 Å². The van der Waals surface area contributed by atoms with E-state index in [2.05, 4.69) is 5.32 Å². The molecule has 0 unspecified atom stereocenters. The molecule has 0 spiro atoms. The van der Waals surface area contributed by atoms with E-state index in [0.29, 0.717) is 11.3 Å². The maximum atomic E-state index is 11.5. The summed E-state index contributed by atoms with van der Waals surface area (Å²) in [4.78, 5) is 22.3. The first-order chi connectivity index (χ1) is 8.86. The van der Waals surface area contributed by atoms with Crippen molar-refractivity contribution in [2.75, 3.05) is 7.11 Å². The highest BCUT2D eigenvalue weighted by atomic mass is 16.5. The van der Waals surface area contributed by atoms with Crippen molar-refractivity contribution in [2.24, 2.45) is 0 Å². The Morgan fingerprint density at radius 3 is 2.53 bits per heavy atom. The quantitative estimate of drug-likeness (QED) is 0.849. The number of alkyl carbamates (subject to hydrolysis) is 1. The fourth-order valence-corrected chi connectivity index (χ4v) is 1.31. The molecule has 0 aliphatic rings. The number of benzene rings is 1. The van der Waals surface area contributed by atoms with Gasteiger partial charge in [0.25, 0.3) is 0 Å². The van der Waals surface area contributed by atoms with Crippen LogP contribution < -0.4 is 10.1 Å². The molecule has 1 aromatic rings. The first-order valence-electron chi connectivity index (χ1n) is 5.67. The fraction of sp³-hybridized carbons (Fsp3) is 0.385. The van der Waals surface area contributed by atoms with Gasteiger partial charge < -0.3 is 19.9 Å². The van der Waals surface area contributed by atoms with Crippen molar-refractivity contribution in [3.05, 3.63) is 29.8 Å². The van der Waals surface area contributed by atoms with Crippen molar-refractivity contribution in [3.8, 4) is 5.75 Å². The van der Waals surface area contributed by atoms with Crippen LogP contribution in [0.1, 0.15) is 19.4 Å². The number of nitrogens with one attached hydrogen (secondary N) is 1. The van der Waals surface area contributed by atoms with Crippen molar-refractivity contribution in [1.29, 1.82) is 0 Å². The summed E-state index contributed by atoms with van der Waals surface area (Å²) in [5.41, 5.74) is -0.675. The molecule has 0 saturated heterocycles. The van der Waals surface area contributed by atoms with Crippen LogP contribution in [-0.2, 0) is 16.1 Å². The van der Waals surface area contributed by atoms with Gasteiger partial charge in [0.1, 0.15) is 17.9 Å². The molecule has 0 heterocycles. The summed E-state index contributed by atoms with van der Waals surface area (Å²) in [6.07, 6.45) is -0.793. The van der Waals surface area contributed by atoms with Crippen LogP contribution in [0.2, 0.25) is 0 Å². The first kappa shape index (κ1) is 14.8. The zero-order chi connectivity index (χ0) is 14.5. The summed E-state index contributed by atoms with van der Waals surface area (Å²) in [5, 5.41) is 11.1. The average Bonchev–Trinajstić information content (AvgIpc) is 2.36. The standard InChI is InChI=1S/C13H17NO5/c1-13(2,11(15)16)14-12(17)19-8-9-6-4-5-7-10(9)18-3/h4-7H,8H2,1-3H3,(H,14,17)(H,15,16). The van der Waals surface area contributed by atoms with E-state index in [9.17, 15) is 9.59 Å². The molecule has 0 aliphatic carbocycles. The van der Waals surface area contributed by atoms with Gasteiger partial charge in [0.15, 0.2) is 0 Å². The molecule has 0 radical (unpaired) electrons. The van der Waals surface area contributed by atoms with Crippen LogP contribution in [0.3, 0.4) is 0 Å². The number of rotatable bonds is 5. The molecule has 2 N–H and O–H groups in total. The second-order valence-corrected chi connectivity index (χ2v) is 4.44. The Kier molecular flexibility index (Phi) is 4.74. The summed E-state index contributed by atoms with van der Waals surface area (Å²) >= 11 is 0. The number of methoxy groups -OCH3 is 1. The number of carbonyl (C=O) groups is 2. The molecule has 19 heavy (non-hydrogen) atoms. The zero-order valence-corrected chi connectivity index (χ0v) is 11.1. The normalized spacial score (nSPS) is 10.7. The molecule has 1 rings (SSSR count). The van der Waals surface area contributed by atoms with Crippen LogP contribution in [0, 0.1) is 0 Å². The predicted octanol–water partition coefficient (Wildman–Crippen LogP) is 1.78. The lowest BCUT2D eigenvalue weighted by molar-refractivity contribution is -0.143. The van der Waals surface area contributed by atoms with E-state index in [1.54, 1.807) is 24.3 Å². The van der Waals surface area contributed by atoms with E-state index in [1.165, 1.54) is 21.0 Å². The molecule has 1 aromatic carbocycles. The van der Waals surface area contributed by atoms with Gasteiger partial charge in [-0.2, -0.15) is 0 Å². The van der Waals surface area contributed by atoms with Crippen LogP contribution in [0.5, 0.6) is 5.75 Å². The SMILES string of the molecule is COc1ccccc1COC(=O)NC(C)(C)C(=O)O. The van der Waals surface area contributed by atoms with E-state index in [4.69, 9.17) is 14.6 Å². The van der Waals surface area contributed by atoms with E-state index in [1.807, 2.05) is 0 Å². The molecule has 0 atom stereocenters. The average molecular weight is 267 g/mol. The van der Waals surface area contributed by atoms with Crippen LogP contribution >= 0.6 is 0 Å². The van der Waals surface area contributed by atoms with Crippen molar-refractivity contribution in [1.82, 2.24) is 5.32 Å². The van der Waals surface area contributed by atoms with Gasteiger partial charge in [-0.3, -0.25) is 0 Å². The number of ether oxygens (including phenoxy) is 2. The second kappa shape index (κ2) is 6.08. The Hall–Kier alpha value is -2.24. The summed E-state index contributed by atoms with van der Waals surface area (Å²) in [6, 6.07) is 7.10. The number of para-hydroxylation sites is 1. The van der Waals surface area contributed by atoms with E-state index >= 15 is 0 Å². The minimum atomic E-state index is -1.38. The Balaban J connectivity index is 2.58. The fourth-order valence-electron chi connectivity index (χ4n) is 1.31. The highest BCUT2D eigenvalue weighted by Crippen LogP contribution is 2.18. The molecule has 6 heteroatoms. The minimum Gasteiger partial charge on any atom is -0.496 e. The number of hydrogen-bond donors (Lipinski definition) is 2. The Labute approximate surface area is 111 Å². The summed E-state index contributed by atoms with van der Waals surface area (Å²) in [5.74, 6) is -0.533. The molecule has 1 amide bonds. The summed E-state index contributed by atoms with van der Waals surface area (Å²) < 4.78 is 10.1. The predicted molar refractivity (Wildman–Crippen MR) is 68.0 cm³/mol. The van der Waals surface area contributed by atoms with E-state index < -0.39 is 17.6 Å². The lowest BCUT2D eigenvalue weighted by atomic mass is 10.1. The van der Waals surface area contributed by atoms with Gasteiger partial charge in [-0.05, 0) is 19.9 Å². The van der Waals surface area contributed by atoms with Gasteiger partial charge in [-0.15, -0.1) is 0 Å². The van der Waals surface area contributed by atoms with Crippen molar-refractivity contribution >= 4 is 12.1 Å². The van der Waals surface area contributed by atoms with Crippen LogP contribution in [0.15, 0.2) is 24.3 Å². The van der Waals surface area contributed by atoms with Gasteiger partial charge in [0.2, 0.25) is 0 Å². The molecular formula is C13H17NO5. The number of hydrogen-bond acceptors (Lipinski definition) is 4. The molecule has 104 valence electrons. The molecule has 0 bridgehead atoms. The molecule has 6 nitrogen and oxygen atoms in total. The van der Waals surface area contributed by atoms with E-state index in [0.717, 1.165) is 0 Å². The van der Waals surface area contributed by atoms with Gasteiger partial charge in [0, 0.05) is 5.56 Å². The number of carboxylic acids is 1. The highest BCUT2D eigenvalue weighted by Gasteiger charge is 2.29. The third-order valence-corrected chi connectivity index (χ3v) is 2.50. The number of amides is 1. The van der Waals surface area contributed by atoms with Crippen molar-refractivity contribution in [2.45, 2.75) is 26.0 Å². The van der Waals surface area contributed by atoms with Gasteiger partial charge >= 0.3 is 12.1 Å². The van der Waals surface area contributed by atoms with Gasteiger partial charge in [-0.1, -0.05) is 18.2 Å². The Morgan fingerprint density at radius 2 is 1.95 bits per heavy atom. The monoisotopic (exact) mass is 267 g/mol. The Morgan fingerprint density at radius 1 is 1.32 bits per heavy atom. The third-order valence-electron chi connectivity index (χ3n) is 2.50. The highest BCUT2D eigenvalue weighted by molar-refractivity contribution is 5.83. The maximum Gasteiger partial charge on any atom is 0.408 e. The molecule has 0 aliphatic heterocycles. The van der Waals surface area contributed by atoms with Crippen LogP contribution in [0.4, 0.5) is 4.79 Å². The first-order valence-corrected chi connectivity index (χ1v) is 5.67. The molecule has 0 fully saturated rings. The second-order valence-electron chi connectivity index (χ2n) is 4.44. The summed E-state index contributed by atoms with van der Waals surface area (Å²) in [7, 11) is 1.52. The smallest absolute Gasteiger partial charge is 0.408 e. The largest absolute Gasteiger partial charge is 0.496 e. The lowest BCUT2D eigenvalue weighted by Gasteiger charge is -2.20. The summed E-state index contributed by atoms with van der Waals surface area (Å²) in [6.45, 7) is 2.75. The maximum absolute atomic E-state index is 11.5. The Bertz CT molecular complexity index is 470. The number of aliphatic carboxylic acids is 1. The third kappa shape index (κ3) is 4.17. The molecule has 0 aromatic heterocycles. The molecular weight excluding hydrogens is 250 g/mol. The van der Waals surface area contributed by atoms with Crippen LogP contribution in [-0.4, -0.2) is 29.8 Å². The van der Waals surface area contributed by atoms with Crippen LogP contribution in [0.25, 0.3) is 0 Å². The van der Waals surface area contributed by atoms with Crippen molar-refractivity contribution in [3.63, 3.8) is 0 Å². The minimum absolute atomic E-state index is 0.00550. The number of carboxylic acid groups (broad SMARTS) is 1. The van der Waals surface area contributed by atoms with Gasteiger partial charge in [-0.25, -0.2) is 9.59 Å². The lowest BCUT2D eigenvalue weighted by Crippen LogP contribution is -2.49. The number of carbonyl (C=O) groups excluding carboxylic acids is 1.